The first-order valence-electron chi connectivity index (χ1n) is 8.16. The summed E-state index contributed by atoms with van der Waals surface area (Å²) in [5.74, 6) is -1.14. The van der Waals surface area contributed by atoms with Crippen molar-refractivity contribution in [3.8, 4) is 0 Å². The van der Waals surface area contributed by atoms with E-state index in [9.17, 15) is 14.4 Å². The molecule has 1 amide bonds. The Bertz CT molecular complexity index is 771. The van der Waals surface area contributed by atoms with Crippen molar-refractivity contribution < 1.29 is 14.3 Å². The van der Waals surface area contributed by atoms with Crippen molar-refractivity contribution in [2.24, 2.45) is 0 Å². The number of amides is 1. The molecule has 25 heavy (non-hydrogen) atoms. The summed E-state index contributed by atoms with van der Waals surface area (Å²) >= 11 is 0. The average molecular weight is 343 g/mol. The van der Waals surface area contributed by atoms with E-state index in [4.69, 9.17) is 4.74 Å². The van der Waals surface area contributed by atoms with E-state index in [1.807, 2.05) is 37.3 Å². The van der Waals surface area contributed by atoms with Crippen molar-refractivity contribution in [2.75, 3.05) is 6.61 Å². The number of nitrogens with one attached hydrogen (secondary N) is 1. The van der Waals surface area contributed by atoms with Gasteiger partial charge in [-0.05, 0) is 18.1 Å². The van der Waals surface area contributed by atoms with Crippen LogP contribution in [0.4, 0.5) is 0 Å². The molecule has 0 spiro atoms. The molecule has 0 atom stereocenters. The molecule has 0 aliphatic rings. The molecule has 0 unspecified atom stereocenters. The second kappa shape index (κ2) is 9.36. The first-order valence-corrected chi connectivity index (χ1v) is 8.16. The van der Waals surface area contributed by atoms with E-state index in [-0.39, 0.29) is 11.3 Å². The number of hydrogen-bond acceptors (Lipinski definition) is 5. The van der Waals surface area contributed by atoms with Gasteiger partial charge in [0.1, 0.15) is 0 Å². The molecule has 2 aromatic rings. The van der Waals surface area contributed by atoms with Gasteiger partial charge >= 0.3 is 5.97 Å². The van der Waals surface area contributed by atoms with Gasteiger partial charge in [-0.2, -0.15) is 5.10 Å². The summed E-state index contributed by atoms with van der Waals surface area (Å²) in [6.45, 7) is 2.39. The van der Waals surface area contributed by atoms with Crippen molar-refractivity contribution in [2.45, 2.75) is 32.9 Å². The maximum atomic E-state index is 12.0. The Balaban J connectivity index is 1.85. The standard InChI is InChI=1S/C18H21N3O4/c1-2-3-11-21-17(23)10-9-15(20-21)18(24)25-13-16(22)19-12-14-7-5-4-6-8-14/h4-10H,2-3,11-13H2,1H3,(H,19,22). The number of ether oxygens (including phenoxy) is 1. The number of unbranched alkanes of at least 4 members (excludes halogenated alkanes) is 1. The first-order chi connectivity index (χ1) is 12.1. The van der Waals surface area contributed by atoms with E-state index in [1.165, 1.54) is 16.8 Å². The SMILES string of the molecule is CCCCn1nc(C(=O)OCC(=O)NCc2ccccc2)ccc1=O. The molecular formula is C18H21N3O4. The highest BCUT2D eigenvalue weighted by Gasteiger charge is 2.13. The van der Waals surface area contributed by atoms with E-state index in [2.05, 4.69) is 10.4 Å². The molecular weight excluding hydrogens is 322 g/mol. The van der Waals surface area contributed by atoms with Crippen molar-refractivity contribution in [1.29, 1.82) is 0 Å². The number of carbonyl (C=O) groups is 2. The van der Waals surface area contributed by atoms with Crippen LogP contribution in [0.3, 0.4) is 0 Å². The lowest BCUT2D eigenvalue weighted by atomic mass is 10.2. The highest BCUT2D eigenvalue weighted by molar-refractivity contribution is 5.89. The molecule has 1 aromatic heterocycles. The van der Waals surface area contributed by atoms with Gasteiger partial charge in [-0.1, -0.05) is 43.7 Å². The highest BCUT2D eigenvalue weighted by atomic mass is 16.5. The maximum absolute atomic E-state index is 12.0. The zero-order valence-electron chi connectivity index (χ0n) is 14.1. The number of benzene rings is 1. The normalized spacial score (nSPS) is 10.3. The highest BCUT2D eigenvalue weighted by Crippen LogP contribution is 1.99. The van der Waals surface area contributed by atoms with Gasteiger partial charge in [0.15, 0.2) is 12.3 Å². The molecule has 7 heteroatoms. The maximum Gasteiger partial charge on any atom is 0.359 e. The van der Waals surface area contributed by atoms with Gasteiger partial charge in [-0.3, -0.25) is 9.59 Å². The number of nitrogens with zero attached hydrogens (tertiary/aromatic N) is 2. The molecule has 1 heterocycles. The predicted molar refractivity (Wildman–Crippen MR) is 92.0 cm³/mol. The van der Waals surface area contributed by atoms with Crippen LogP contribution in [0.5, 0.6) is 0 Å². The third-order valence-corrected chi connectivity index (χ3v) is 3.47. The predicted octanol–water partition coefficient (Wildman–Crippen LogP) is 1.52. The number of aromatic nitrogens is 2. The Kier molecular flexibility index (Phi) is 6.88. The van der Waals surface area contributed by atoms with Gasteiger partial charge in [0.2, 0.25) is 0 Å². The average Bonchev–Trinajstić information content (AvgIpc) is 2.64. The lowest BCUT2D eigenvalue weighted by Crippen LogP contribution is -2.29. The topological polar surface area (TPSA) is 90.3 Å². The fourth-order valence-corrected chi connectivity index (χ4v) is 2.08. The zero-order chi connectivity index (χ0) is 18.1. The molecule has 0 bridgehead atoms. The largest absolute Gasteiger partial charge is 0.451 e. The van der Waals surface area contributed by atoms with Crippen LogP contribution in [0.2, 0.25) is 0 Å². The number of carbonyl (C=O) groups excluding carboxylic acids is 2. The van der Waals surface area contributed by atoms with Crippen LogP contribution < -0.4 is 10.9 Å². The molecule has 1 aromatic carbocycles. The third-order valence-electron chi connectivity index (χ3n) is 3.47. The van der Waals surface area contributed by atoms with Gasteiger partial charge in [0, 0.05) is 19.2 Å². The quantitative estimate of drug-likeness (QED) is 0.734. The zero-order valence-corrected chi connectivity index (χ0v) is 14.1. The van der Waals surface area contributed by atoms with Gasteiger partial charge in [-0.15, -0.1) is 0 Å². The lowest BCUT2D eigenvalue weighted by molar-refractivity contribution is -0.124. The van der Waals surface area contributed by atoms with Crippen LogP contribution in [-0.4, -0.2) is 28.3 Å². The number of esters is 1. The molecule has 0 saturated heterocycles. The second-order valence-electron chi connectivity index (χ2n) is 5.47. The number of rotatable bonds is 8. The van der Waals surface area contributed by atoms with E-state index >= 15 is 0 Å². The molecule has 0 fully saturated rings. The Morgan fingerprint density at radius 1 is 1.16 bits per heavy atom. The lowest BCUT2D eigenvalue weighted by Gasteiger charge is -2.08. The smallest absolute Gasteiger partial charge is 0.359 e. The molecule has 0 radical (unpaired) electrons. The molecule has 0 aliphatic carbocycles. The van der Waals surface area contributed by atoms with E-state index in [0.717, 1.165) is 18.4 Å². The van der Waals surface area contributed by atoms with Gasteiger partial charge in [0.05, 0.1) is 0 Å². The van der Waals surface area contributed by atoms with Crippen molar-refractivity contribution in [3.05, 3.63) is 64.1 Å². The minimum absolute atomic E-state index is 0.00608. The first kappa shape index (κ1) is 18.4. The summed E-state index contributed by atoms with van der Waals surface area (Å²) in [5, 5.41) is 6.64. The van der Waals surface area contributed by atoms with Crippen LogP contribution in [0, 0.1) is 0 Å². The summed E-state index contributed by atoms with van der Waals surface area (Å²) < 4.78 is 6.18. The Labute approximate surface area is 145 Å². The number of aryl methyl sites for hydroxylation is 1. The molecule has 0 aliphatic heterocycles. The molecule has 0 saturated carbocycles. The molecule has 1 N–H and O–H groups in total. The Morgan fingerprint density at radius 2 is 1.92 bits per heavy atom. The van der Waals surface area contributed by atoms with E-state index in [1.54, 1.807) is 0 Å². The molecule has 2 rings (SSSR count). The Hall–Kier alpha value is -2.96. The minimum atomic E-state index is -0.736. The van der Waals surface area contributed by atoms with Crippen LogP contribution in [0.15, 0.2) is 47.3 Å². The monoisotopic (exact) mass is 343 g/mol. The van der Waals surface area contributed by atoms with Crippen molar-refractivity contribution in [1.82, 2.24) is 15.1 Å². The van der Waals surface area contributed by atoms with Crippen LogP contribution in [0.1, 0.15) is 35.8 Å². The molecule has 132 valence electrons. The summed E-state index contributed by atoms with van der Waals surface area (Å²) in [5.41, 5.74) is 0.684. The van der Waals surface area contributed by atoms with Crippen LogP contribution >= 0.6 is 0 Å². The van der Waals surface area contributed by atoms with Gasteiger partial charge in [0.25, 0.3) is 11.5 Å². The van der Waals surface area contributed by atoms with Crippen LogP contribution in [-0.2, 0) is 22.6 Å². The summed E-state index contributed by atoms with van der Waals surface area (Å²) in [6.07, 6.45) is 1.69. The minimum Gasteiger partial charge on any atom is -0.451 e. The summed E-state index contributed by atoms with van der Waals surface area (Å²) in [7, 11) is 0. The third kappa shape index (κ3) is 5.87. The van der Waals surface area contributed by atoms with E-state index < -0.39 is 18.5 Å². The fraction of sp³-hybridized carbons (Fsp3) is 0.333. The van der Waals surface area contributed by atoms with Gasteiger partial charge in [-0.25, -0.2) is 9.48 Å². The second-order valence-corrected chi connectivity index (χ2v) is 5.47. The summed E-state index contributed by atoms with van der Waals surface area (Å²) in [4.78, 5) is 35.4. The fourth-order valence-electron chi connectivity index (χ4n) is 2.08. The van der Waals surface area contributed by atoms with Gasteiger partial charge < -0.3 is 10.1 Å². The molecule has 7 nitrogen and oxygen atoms in total. The summed E-state index contributed by atoms with van der Waals surface area (Å²) in [6, 6.07) is 12.0. The van der Waals surface area contributed by atoms with Crippen molar-refractivity contribution in [3.63, 3.8) is 0 Å². The van der Waals surface area contributed by atoms with Crippen LogP contribution in [0.25, 0.3) is 0 Å². The van der Waals surface area contributed by atoms with Crippen molar-refractivity contribution >= 4 is 11.9 Å². The number of hydrogen-bond donors (Lipinski definition) is 1. The Morgan fingerprint density at radius 3 is 2.64 bits per heavy atom. The van der Waals surface area contributed by atoms with E-state index in [0.29, 0.717) is 13.1 Å².